The lowest BCUT2D eigenvalue weighted by Gasteiger charge is -2.45. The largest absolute Gasteiger partial charge is 0.497 e. The minimum Gasteiger partial charge on any atom is -0.497 e. The molecule has 2 N–H and O–H groups in total. The van der Waals surface area contributed by atoms with Gasteiger partial charge in [-0.1, -0.05) is 18.6 Å². The Morgan fingerprint density at radius 2 is 1.73 bits per heavy atom. The maximum Gasteiger partial charge on any atom is 0.225 e. The van der Waals surface area contributed by atoms with Gasteiger partial charge in [0.2, 0.25) is 5.91 Å². The molecule has 1 aliphatic heterocycles. The molecule has 3 atom stereocenters. The first-order valence-electron chi connectivity index (χ1n) is 11.0. The highest BCUT2D eigenvalue weighted by Crippen LogP contribution is 2.42. The first kappa shape index (κ1) is 25.3. The van der Waals surface area contributed by atoms with Crippen molar-refractivity contribution in [3.8, 4) is 5.75 Å². The SMILES string of the molecule is COc1cccc(C(C)N2CCN(C(=O)C3CC4CCCC(C3)C4N)CC2)c1.Cl.Cl. The fraction of sp³-hybridized carbons (Fsp3) is 0.696. The average Bonchev–Trinajstić information content (AvgIpc) is 2.72. The van der Waals surface area contributed by atoms with Crippen molar-refractivity contribution in [1.82, 2.24) is 9.80 Å². The minimum absolute atomic E-state index is 0. The number of hydrogen-bond donors (Lipinski definition) is 1. The Bertz CT molecular complexity index is 683. The molecular formula is C23H37Cl2N3O2. The number of amides is 1. The van der Waals surface area contributed by atoms with Crippen molar-refractivity contribution < 1.29 is 9.53 Å². The summed E-state index contributed by atoms with van der Waals surface area (Å²) in [6.07, 6.45) is 5.75. The van der Waals surface area contributed by atoms with Gasteiger partial charge in [0, 0.05) is 44.2 Å². The van der Waals surface area contributed by atoms with Gasteiger partial charge >= 0.3 is 0 Å². The second kappa shape index (κ2) is 11.0. The zero-order valence-corrected chi connectivity index (χ0v) is 19.8. The zero-order valence-electron chi connectivity index (χ0n) is 18.2. The van der Waals surface area contributed by atoms with Crippen LogP contribution in [-0.4, -0.2) is 55.0 Å². The van der Waals surface area contributed by atoms with E-state index in [-0.39, 0.29) is 30.7 Å². The van der Waals surface area contributed by atoms with Crippen LogP contribution in [0, 0.1) is 17.8 Å². The third-order valence-electron chi connectivity index (χ3n) is 7.51. The number of nitrogens with zero attached hydrogens (tertiary/aromatic N) is 2. The fourth-order valence-electron chi connectivity index (χ4n) is 5.69. The van der Waals surface area contributed by atoms with Gasteiger partial charge in [0.25, 0.3) is 0 Å². The van der Waals surface area contributed by atoms with E-state index in [1.165, 1.54) is 24.8 Å². The summed E-state index contributed by atoms with van der Waals surface area (Å²) in [6.45, 7) is 5.79. The monoisotopic (exact) mass is 457 g/mol. The third kappa shape index (κ3) is 5.24. The van der Waals surface area contributed by atoms with Gasteiger partial charge in [0.05, 0.1) is 7.11 Å². The van der Waals surface area contributed by atoms with Gasteiger partial charge in [-0.3, -0.25) is 9.69 Å². The van der Waals surface area contributed by atoms with Crippen molar-refractivity contribution in [3.05, 3.63) is 29.8 Å². The van der Waals surface area contributed by atoms with E-state index in [0.717, 1.165) is 44.8 Å². The molecule has 0 aromatic heterocycles. The van der Waals surface area contributed by atoms with E-state index in [2.05, 4.69) is 34.9 Å². The molecule has 1 heterocycles. The Morgan fingerprint density at radius 1 is 1.10 bits per heavy atom. The van der Waals surface area contributed by atoms with Crippen LogP contribution in [-0.2, 0) is 4.79 Å². The topological polar surface area (TPSA) is 58.8 Å². The zero-order chi connectivity index (χ0) is 19.7. The van der Waals surface area contributed by atoms with Gasteiger partial charge in [0.15, 0.2) is 0 Å². The molecule has 30 heavy (non-hydrogen) atoms. The smallest absolute Gasteiger partial charge is 0.225 e. The Balaban J connectivity index is 0.00000160. The number of fused-ring (bicyclic) bond motifs is 2. The van der Waals surface area contributed by atoms with Crippen LogP contribution < -0.4 is 10.5 Å². The third-order valence-corrected chi connectivity index (χ3v) is 7.51. The molecule has 3 aliphatic rings. The number of ether oxygens (including phenoxy) is 1. The number of halogens is 2. The van der Waals surface area contributed by atoms with Crippen molar-refractivity contribution in [2.24, 2.45) is 23.5 Å². The molecule has 1 aromatic rings. The summed E-state index contributed by atoms with van der Waals surface area (Å²) in [6, 6.07) is 8.98. The second-order valence-corrected chi connectivity index (χ2v) is 9.01. The highest BCUT2D eigenvalue weighted by Gasteiger charge is 2.42. The van der Waals surface area contributed by atoms with E-state index in [1.54, 1.807) is 7.11 Å². The van der Waals surface area contributed by atoms with Crippen LogP contribution in [0.4, 0.5) is 0 Å². The van der Waals surface area contributed by atoms with Crippen molar-refractivity contribution >= 4 is 30.7 Å². The number of nitrogens with two attached hydrogens (primary N) is 1. The molecular weight excluding hydrogens is 421 g/mol. The summed E-state index contributed by atoms with van der Waals surface area (Å²) < 4.78 is 5.37. The van der Waals surface area contributed by atoms with Crippen LogP contribution in [0.15, 0.2) is 24.3 Å². The van der Waals surface area contributed by atoms with Gasteiger partial charge < -0.3 is 15.4 Å². The molecule has 7 heteroatoms. The Morgan fingerprint density at radius 3 is 2.33 bits per heavy atom. The van der Waals surface area contributed by atoms with Crippen LogP contribution in [0.5, 0.6) is 5.75 Å². The number of rotatable bonds is 4. The Labute approximate surface area is 193 Å². The normalized spacial score (nSPS) is 29.9. The van der Waals surface area contributed by atoms with Crippen LogP contribution in [0.25, 0.3) is 0 Å². The molecule has 170 valence electrons. The molecule has 1 aromatic carbocycles. The van der Waals surface area contributed by atoms with Crippen LogP contribution >= 0.6 is 24.8 Å². The molecule has 0 spiro atoms. The molecule has 4 rings (SSSR count). The van der Waals surface area contributed by atoms with Gasteiger partial charge in [0.1, 0.15) is 5.75 Å². The number of methoxy groups -OCH3 is 1. The molecule has 3 fully saturated rings. The van der Waals surface area contributed by atoms with Crippen molar-refractivity contribution in [2.45, 2.75) is 51.1 Å². The molecule has 2 aliphatic carbocycles. The van der Waals surface area contributed by atoms with Gasteiger partial charge in [-0.2, -0.15) is 0 Å². The lowest BCUT2D eigenvalue weighted by molar-refractivity contribution is -0.140. The highest BCUT2D eigenvalue weighted by atomic mass is 35.5. The van der Waals surface area contributed by atoms with Gasteiger partial charge in [-0.15, -0.1) is 24.8 Å². The average molecular weight is 458 g/mol. The first-order valence-corrected chi connectivity index (χ1v) is 11.0. The Hall–Kier alpha value is -1.01. The van der Waals surface area contributed by atoms with Crippen molar-refractivity contribution in [2.75, 3.05) is 33.3 Å². The summed E-state index contributed by atoms with van der Waals surface area (Å²) >= 11 is 0. The highest BCUT2D eigenvalue weighted by molar-refractivity contribution is 5.85. The van der Waals surface area contributed by atoms with Gasteiger partial charge in [-0.05, 0) is 62.1 Å². The first-order chi connectivity index (χ1) is 13.6. The van der Waals surface area contributed by atoms with E-state index < -0.39 is 0 Å². The molecule has 2 saturated carbocycles. The predicted octanol–water partition coefficient (Wildman–Crippen LogP) is 3.90. The van der Waals surface area contributed by atoms with E-state index in [1.807, 2.05) is 6.07 Å². The summed E-state index contributed by atoms with van der Waals surface area (Å²) in [5.74, 6) is 2.63. The maximum absolute atomic E-state index is 13.2. The second-order valence-electron chi connectivity index (χ2n) is 9.01. The van der Waals surface area contributed by atoms with Crippen LogP contribution in [0.3, 0.4) is 0 Å². The fourth-order valence-corrected chi connectivity index (χ4v) is 5.69. The van der Waals surface area contributed by atoms with E-state index in [4.69, 9.17) is 10.5 Å². The summed E-state index contributed by atoms with van der Waals surface area (Å²) in [4.78, 5) is 17.8. The predicted molar refractivity (Wildman–Crippen MR) is 126 cm³/mol. The molecule has 2 bridgehead atoms. The van der Waals surface area contributed by atoms with E-state index >= 15 is 0 Å². The summed E-state index contributed by atoms with van der Waals surface area (Å²) in [5, 5.41) is 0. The van der Waals surface area contributed by atoms with Crippen molar-refractivity contribution in [1.29, 1.82) is 0 Å². The minimum atomic E-state index is 0. The lowest BCUT2D eigenvalue weighted by atomic mass is 9.65. The lowest BCUT2D eigenvalue weighted by Crippen LogP contribution is -2.53. The molecule has 1 saturated heterocycles. The van der Waals surface area contributed by atoms with Gasteiger partial charge in [-0.25, -0.2) is 0 Å². The number of carbonyl (C=O) groups excluding carboxylic acids is 1. The standard InChI is InChI=1S/C23H35N3O2.2ClH/c1-16(17-5-4-8-21(15-17)28-2)25-9-11-26(12-10-25)23(27)20-13-18-6-3-7-19(14-20)22(18)24;;/h4-5,8,15-16,18-20,22H,3,6-7,9-14,24H2,1-2H3;2*1H. The molecule has 1 amide bonds. The van der Waals surface area contributed by atoms with Crippen LogP contribution in [0.2, 0.25) is 0 Å². The van der Waals surface area contributed by atoms with Crippen molar-refractivity contribution in [3.63, 3.8) is 0 Å². The summed E-state index contributed by atoms with van der Waals surface area (Å²) in [7, 11) is 1.71. The maximum atomic E-state index is 13.2. The Kier molecular flexibility index (Phi) is 9.29. The van der Waals surface area contributed by atoms with Crippen LogP contribution in [0.1, 0.15) is 50.6 Å². The number of hydrogen-bond acceptors (Lipinski definition) is 4. The van der Waals surface area contributed by atoms with E-state index in [9.17, 15) is 4.79 Å². The molecule has 3 unspecified atom stereocenters. The summed E-state index contributed by atoms with van der Waals surface area (Å²) in [5.41, 5.74) is 7.68. The van der Waals surface area contributed by atoms with E-state index in [0.29, 0.717) is 29.8 Å². The molecule has 5 nitrogen and oxygen atoms in total. The molecule has 0 radical (unpaired) electrons. The number of piperazine rings is 1. The quantitative estimate of drug-likeness (QED) is 0.744. The number of carbonyl (C=O) groups is 1. The number of benzene rings is 1.